The van der Waals surface area contributed by atoms with Crippen LogP contribution in [0.1, 0.15) is 6.92 Å². The third-order valence-electron chi connectivity index (χ3n) is 3.00. The van der Waals surface area contributed by atoms with Crippen LogP contribution in [0.15, 0.2) is 41.9 Å². The molecule has 102 valence electrons. The number of thiazole rings is 1. The topological polar surface area (TPSA) is 60.2 Å². The maximum atomic E-state index is 6.18. The Labute approximate surface area is 121 Å². The second-order valence-electron chi connectivity index (χ2n) is 4.28. The lowest BCUT2D eigenvalue weighted by Gasteiger charge is -2.13. The smallest absolute Gasteiger partial charge is 0.142 e. The van der Waals surface area contributed by atoms with Crippen LogP contribution in [0.2, 0.25) is 0 Å². The Morgan fingerprint density at radius 1 is 1.20 bits per heavy atom. The summed E-state index contributed by atoms with van der Waals surface area (Å²) in [6.07, 6.45) is 0. The molecular formula is C15H15N3OS. The Morgan fingerprint density at radius 3 is 2.90 bits per heavy atom. The molecule has 0 saturated heterocycles. The SMILES string of the molecule is CCOc1ccccc1Nc1ccc2scnc2c1N. The minimum absolute atomic E-state index is 0.624. The van der Waals surface area contributed by atoms with Crippen molar-refractivity contribution in [1.29, 1.82) is 0 Å². The number of ether oxygens (including phenoxy) is 1. The van der Waals surface area contributed by atoms with Crippen LogP contribution in [0, 0.1) is 0 Å². The molecular weight excluding hydrogens is 270 g/mol. The Balaban J connectivity index is 1.99. The summed E-state index contributed by atoms with van der Waals surface area (Å²) >= 11 is 1.58. The molecule has 0 aliphatic heterocycles. The standard InChI is InChI=1S/C15H15N3OS/c1-2-19-12-6-4-3-5-10(12)18-11-7-8-13-15(14(11)16)17-9-20-13/h3-9,18H,2,16H2,1H3. The molecule has 1 heterocycles. The summed E-state index contributed by atoms with van der Waals surface area (Å²) in [6, 6.07) is 11.8. The van der Waals surface area contributed by atoms with Crippen LogP contribution >= 0.6 is 11.3 Å². The molecule has 5 heteroatoms. The molecule has 3 rings (SSSR count). The minimum Gasteiger partial charge on any atom is -0.492 e. The van der Waals surface area contributed by atoms with Gasteiger partial charge in [-0.1, -0.05) is 12.1 Å². The molecule has 0 atom stereocenters. The molecule has 0 unspecified atom stereocenters. The lowest BCUT2D eigenvalue weighted by atomic mass is 10.2. The number of nitrogens with two attached hydrogens (primary N) is 1. The van der Waals surface area contributed by atoms with Gasteiger partial charge in [0.05, 0.1) is 33.9 Å². The minimum atomic E-state index is 0.624. The van der Waals surface area contributed by atoms with Crippen molar-refractivity contribution in [2.24, 2.45) is 0 Å². The number of nitrogens with zero attached hydrogens (tertiary/aromatic N) is 1. The summed E-state index contributed by atoms with van der Waals surface area (Å²) in [5.41, 5.74) is 11.2. The van der Waals surface area contributed by atoms with Crippen molar-refractivity contribution in [2.45, 2.75) is 6.92 Å². The van der Waals surface area contributed by atoms with E-state index in [9.17, 15) is 0 Å². The van der Waals surface area contributed by atoms with Gasteiger partial charge in [0.25, 0.3) is 0 Å². The number of benzene rings is 2. The van der Waals surface area contributed by atoms with Crippen molar-refractivity contribution in [1.82, 2.24) is 4.98 Å². The number of hydrogen-bond donors (Lipinski definition) is 2. The molecule has 4 nitrogen and oxygen atoms in total. The molecule has 0 fully saturated rings. The molecule has 2 aromatic carbocycles. The Kier molecular flexibility index (Phi) is 3.43. The Morgan fingerprint density at radius 2 is 2.05 bits per heavy atom. The average Bonchev–Trinajstić information content (AvgIpc) is 2.93. The maximum Gasteiger partial charge on any atom is 0.142 e. The largest absolute Gasteiger partial charge is 0.492 e. The van der Waals surface area contributed by atoms with Gasteiger partial charge in [-0.25, -0.2) is 4.98 Å². The zero-order valence-electron chi connectivity index (χ0n) is 11.1. The lowest BCUT2D eigenvalue weighted by molar-refractivity contribution is 0.342. The van der Waals surface area contributed by atoms with Crippen molar-refractivity contribution in [2.75, 3.05) is 17.7 Å². The van der Waals surface area contributed by atoms with Gasteiger partial charge < -0.3 is 15.8 Å². The first-order chi connectivity index (χ1) is 9.79. The average molecular weight is 285 g/mol. The second-order valence-corrected chi connectivity index (χ2v) is 5.17. The van der Waals surface area contributed by atoms with Crippen LogP contribution in [0.4, 0.5) is 17.1 Å². The first kappa shape index (κ1) is 12.7. The van der Waals surface area contributed by atoms with Gasteiger partial charge in [-0.05, 0) is 31.2 Å². The van der Waals surface area contributed by atoms with E-state index in [1.165, 1.54) is 0 Å². The van der Waals surface area contributed by atoms with E-state index in [-0.39, 0.29) is 0 Å². The first-order valence-corrected chi connectivity index (χ1v) is 7.28. The molecule has 3 aromatic rings. The van der Waals surface area contributed by atoms with Crippen molar-refractivity contribution in [3.05, 3.63) is 41.9 Å². The van der Waals surface area contributed by atoms with Crippen LogP contribution in [-0.2, 0) is 0 Å². The monoisotopic (exact) mass is 285 g/mol. The van der Waals surface area contributed by atoms with Gasteiger partial charge in [0.2, 0.25) is 0 Å². The molecule has 0 amide bonds. The van der Waals surface area contributed by atoms with Crippen LogP contribution in [0.25, 0.3) is 10.2 Å². The number of para-hydroxylation sites is 2. The fourth-order valence-corrected chi connectivity index (χ4v) is 2.75. The van der Waals surface area contributed by atoms with Crippen molar-refractivity contribution < 1.29 is 4.74 Å². The van der Waals surface area contributed by atoms with Gasteiger partial charge in [0.15, 0.2) is 0 Å². The normalized spacial score (nSPS) is 10.7. The quantitative estimate of drug-likeness (QED) is 0.711. The number of fused-ring (bicyclic) bond motifs is 1. The fraction of sp³-hybridized carbons (Fsp3) is 0.133. The number of nitrogens with one attached hydrogen (secondary N) is 1. The van der Waals surface area contributed by atoms with Crippen LogP contribution < -0.4 is 15.8 Å². The third-order valence-corrected chi connectivity index (χ3v) is 3.79. The number of rotatable bonds is 4. The second kappa shape index (κ2) is 5.38. The van der Waals surface area contributed by atoms with E-state index >= 15 is 0 Å². The summed E-state index contributed by atoms with van der Waals surface area (Å²) in [5, 5.41) is 3.32. The summed E-state index contributed by atoms with van der Waals surface area (Å²) < 4.78 is 6.69. The Hall–Kier alpha value is -2.27. The number of aromatic nitrogens is 1. The van der Waals surface area contributed by atoms with Gasteiger partial charge in [-0.2, -0.15) is 0 Å². The van der Waals surface area contributed by atoms with E-state index in [1.54, 1.807) is 16.8 Å². The zero-order valence-corrected chi connectivity index (χ0v) is 11.9. The lowest BCUT2D eigenvalue weighted by Crippen LogP contribution is -2.00. The van der Waals surface area contributed by atoms with Crippen LogP contribution in [0.3, 0.4) is 0 Å². The molecule has 0 spiro atoms. The van der Waals surface area contributed by atoms with Gasteiger partial charge in [-0.15, -0.1) is 11.3 Å². The van der Waals surface area contributed by atoms with Crippen molar-refractivity contribution in [3.63, 3.8) is 0 Å². The van der Waals surface area contributed by atoms with E-state index in [0.717, 1.165) is 27.3 Å². The summed E-state index contributed by atoms with van der Waals surface area (Å²) in [6.45, 7) is 2.59. The predicted molar refractivity (Wildman–Crippen MR) is 84.9 cm³/mol. The number of hydrogen-bond acceptors (Lipinski definition) is 5. The fourth-order valence-electron chi connectivity index (χ4n) is 2.06. The predicted octanol–water partition coefficient (Wildman–Crippen LogP) is 4.02. The molecule has 0 aliphatic carbocycles. The van der Waals surface area contributed by atoms with E-state index < -0.39 is 0 Å². The molecule has 3 N–H and O–H groups in total. The summed E-state index contributed by atoms with van der Waals surface area (Å²) in [5.74, 6) is 0.813. The van der Waals surface area contributed by atoms with Gasteiger partial charge >= 0.3 is 0 Å². The third kappa shape index (κ3) is 2.28. The number of anilines is 3. The summed E-state index contributed by atoms with van der Waals surface area (Å²) in [7, 11) is 0. The van der Waals surface area contributed by atoms with Gasteiger partial charge in [-0.3, -0.25) is 0 Å². The molecule has 1 aromatic heterocycles. The van der Waals surface area contributed by atoms with Crippen molar-refractivity contribution >= 4 is 38.6 Å². The zero-order chi connectivity index (χ0) is 13.9. The van der Waals surface area contributed by atoms with Crippen LogP contribution in [-0.4, -0.2) is 11.6 Å². The van der Waals surface area contributed by atoms with Crippen molar-refractivity contribution in [3.8, 4) is 5.75 Å². The van der Waals surface area contributed by atoms with Crippen LogP contribution in [0.5, 0.6) is 5.75 Å². The van der Waals surface area contributed by atoms with Gasteiger partial charge in [0, 0.05) is 0 Å². The van der Waals surface area contributed by atoms with E-state index in [1.807, 2.05) is 43.3 Å². The highest BCUT2D eigenvalue weighted by Gasteiger charge is 2.09. The molecule has 20 heavy (non-hydrogen) atoms. The first-order valence-electron chi connectivity index (χ1n) is 6.40. The van der Waals surface area contributed by atoms with E-state index in [2.05, 4.69) is 10.3 Å². The van der Waals surface area contributed by atoms with E-state index in [0.29, 0.717) is 12.3 Å². The molecule has 0 bridgehead atoms. The Bertz CT molecular complexity index is 739. The highest BCUT2D eigenvalue weighted by Crippen LogP contribution is 2.34. The highest BCUT2D eigenvalue weighted by atomic mass is 32.1. The maximum absolute atomic E-state index is 6.18. The van der Waals surface area contributed by atoms with Gasteiger partial charge in [0.1, 0.15) is 11.3 Å². The highest BCUT2D eigenvalue weighted by molar-refractivity contribution is 7.16. The summed E-state index contributed by atoms with van der Waals surface area (Å²) in [4.78, 5) is 4.30. The van der Waals surface area contributed by atoms with E-state index in [4.69, 9.17) is 10.5 Å². The number of nitrogen functional groups attached to an aromatic ring is 1. The molecule has 0 aliphatic rings. The molecule has 0 radical (unpaired) electrons. The molecule has 0 saturated carbocycles.